The monoisotopic (exact) mass is 1290 g/mol. The summed E-state index contributed by atoms with van der Waals surface area (Å²) < 4.78 is 23.8. The molecule has 0 fully saturated rings. The molecule has 0 radical (unpaired) electrons. The largest absolute Gasteiger partial charge is 0.472 e. The molecule has 0 saturated carbocycles. The van der Waals surface area contributed by atoms with Gasteiger partial charge >= 0.3 is 7.82 Å². The van der Waals surface area contributed by atoms with Crippen LogP contribution in [-0.2, 0) is 18.4 Å². The van der Waals surface area contributed by atoms with Crippen LogP contribution in [0, 0.1) is 0 Å². The molecule has 0 saturated heterocycles. The van der Waals surface area contributed by atoms with Crippen LogP contribution in [0.5, 0.6) is 0 Å². The summed E-state index contributed by atoms with van der Waals surface area (Å²) >= 11 is 0. The number of amides is 1. The zero-order valence-electron chi connectivity index (χ0n) is 60.6. The van der Waals surface area contributed by atoms with Gasteiger partial charge in [0.25, 0.3) is 0 Å². The first-order valence-corrected chi connectivity index (χ1v) is 40.3. The summed E-state index contributed by atoms with van der Waals surface area (Å²) in [6.07, 6.45) is 106. The van der Waals surface area contributed by atoms with Crippen molar-refractivity contribution in [3.05, 3.63) is 109 Å². The summed E-state index contributed by atoms with van der Waals surface area (Å²) in [5, 5.41) is 14.0. The lowest BCUT2D eigenvalue weighted by molar-refractivity contribution is -0.870. The Morgan fingerprint density at radius 3 is 1.01 bits per heavy atom. The first kappa shape index (κ1) is 88.2. The second kappa shape index (κ2) is 71.5. The molecule has 0 rings (SSSR count). The average Bonchev–Trinajstić information content (AvgIpc) is 3.42. The summed E-state index contributed by atoms with van der Waals surface area (Å²) in [5.74, 6) is -0.189. The van der Waals surface area contributed by atoms with Gasteiger partial charge in [0, 0.05) is 6.42 Å². The number of carbonyl (C=O) groups is 1. The fraction of sp³-hybridized carbons (Fsp3) is 0.768. The van der Waals surface area contributed by atoms with E-state index in [9.17, 15) is 19.4 Å². The molecule has 0 aromatic heterocycles. The third-order valence-corrected chi connectivity index (χ3v) is 18.2. The third kappa shape index (κ3) is 74.4. The lowest BCUT2D eigenvalue weighted by Gasteiger charge is -2.25. The van der Waals surface area contributed by atoms with E-state index in [2.05, 4.69) is 116 Å². The number of aliphatic hydroxyl groups excluding tert-OH is 1. The number of hydrogen-bond acceptors (Lipinski definition) is 5. The number of carbonyl (C=O) groups excluding carboxylic acids is 1. The van der Waals surface area contributed by atoms with Gasteiger partial charge in [0.2, 0.25) is 5.91 Å². The van der Waals surface area contributed by atoms with Crippen LogP contribution in [0.15, 0.2) is 109 Å². The Bertz CT molecular complexity index is 1860. The number of allylic oxidation sites excluding steroid dienone is 17. The molecule has 528 valence electrons. The Morgan fingerprint density at radius 2 is 0.670 bits per heavy atom. The summed E-state index contributed by atoms with van der Waals surface area (Å²) in [4.78, 5) is 23.5. The van der Waals surface area contributed by atoms with Gasteiger partial charge in [-0.2, -0.15) is 0 Å². The van der Waals surface area contributed by atoms with Crippen molar-refractivity contribution in [2.75, 3.05) is 40.9 Å². The van der Waals surface area contributed by atoms with Crippen molar-refractivity contribution < 1.29 is 32.9 Å². The van der Waals surface area contributed by atoms with E-state index < -0.39 is 20.0 Å². The molecule has 0 bridgehead atoms. The normalized spacial score (nSPS) is 14.1. The molecule has 0 heterocycles. The van der Waals surface area contributed by atoms with Gasteiger partial charge in [0.05, 0.1) is 39.9 Å². The molecule has 3 unspecified atom stereocenters. The second-order valence-electron chi connectivity index (χ2n) is 27.3. The predicted molar refractivity (Wildman–Crippen MR) is 401 cm³/mol. The van der Waals surface area contributed by atoms with Gasteiger partial charge in [-0.15, -0.1) is 0 Å². The maximum Gasteiger partial charge on any atom is 0.472 e. The Labute approximate surface area is 565 Å². The number of rotatable bonds is 71. The van der Waals surface area contributed by atoms with Crippen molar-refractivity contribution in [2.45, 2.75) is 366 Å². The lowest BCUT2D eigenvalue weighted by Crippen LogP contribution is -2.45. The SMILES string of the molecule is CC/C=C\C/C=C\C/C=C\C/C=C\C/C=C\C/C=C\CCCCCCCCCCCCCCCCCCCCC(=O)NC(COP(=O)(O)OCC[N+](C)(C)C)C(O)/C=C/CC/C=C/CC/C=C/CCCCCCCCCCCCCCCCCCCCCCCC. The van der Waals surface area contributed by atoms with E-state index in [1.807, 2.05) is 27.2 Å². The van der Waals surface area contributed by atoms with Gasteiger partial charge in [-0.25, -0.2) is 4.57 Å². The van der Waals surface area contributed by atoms with Crippen molar-refractivity contribution in [2.24, 2.45) is 0 Å². The Morgan fingerprint density at radius 1 is 0.385 bits per heavy atom. The molecule has 91 heavy (non-hydrogen) atoms. The van der Waals surface area contributed by atoms with E-state index in [1.165, 1.54) is 250 Å². The molecule has 8 nitrogen and oxygen atoms in total. The van der Waals surface area contributed by atoms with E-state index in [4.69, 9.17) is 9.05 Å². The topological polar surface area (TPSA) is 105 Å². The van der Waals surface area contributed by atoms with Gasteiger partial charge in [-0.05, 0) is 96.3 Å². The fourth-order valence-electron chi connectivity index (χ4n) is 11.3. The number of phosphoric ester groups is 1. The van der Waals surface area contributed by atoms with E-state index in [0.717, 1.165) is 83.5 Å². The molecular formula is C82H150N2O6P+. The van der Waals surface area contributed by atoms with Crippen LogP contribution in [0.3, 0.4) is 0 Å². The number of hydrogen-bond donors (Lipinski definition) is 3. The lowest BCUT2D eigenvalue weighted by atomic mass is 10.0. The number of quaternary nitrogens is 1. The molecule has 3 atom stereocenters. The first-order valence-electron chi connectivity index (χ1n) is 38.8. The highest BCUT2D eigenvalue weighted by Gasteiger charge is 2.28. The minimum atomic E-state index is -4.37. The highest BCUT2D eigenvalue weighted by molar-refractivity contribution is 7.47. The molecule has 0 aromatic rings. The molecule has 0 spiro atoms. The maximum absolute atomic E-state index is 13.1. The van der Waals surface area contributed by atoms with Crippen LogP contribution >= 0.6 is 7.82 Å². The van der Waals surface area contributed by atoms with Crippen molar-refractivity contribution >= 4 is 13.7 Å². The van der Waals surface area contributed by atoms with Crippen molar-refractivity contribution in [3.63, 3.8) is 0 Å². The molecule has 1 amide bonds. The summed E-state index contributed by atoms with van der Waals surface area (Å²) in [6, 6.07) is -0.877. The van der Waals surface area contributed by atoms with Crippen molar-refractivity contribution in [1.29, 1.82) is 0 Å². The average molecular weight is 1290 g/mol. The second-order valence-corrected chi connectivity index (χ2v) is 28.8. The number of unbranched alkanes of at least 4 members (excludes halogenated alkanes) is 42. The quantitative estimate of drug-likeness (QED) is 0.0243. The Hall–Kier alpha value is -2.84. The molecule has 0 aliphatic rings. The van der Waals surface area contributed by atoms with Gasteiger partial charge < -0.3 is 19.8 Å². The van der Waals surface area contributed by atoms with E-state index in [1.54, 1.807) is 6.08 Å². The number of likely N-dealkylation sites (N-methyl/N-ethyl adjacent to an activating group) is 1. The van der Waals surface area contributed by atoms with Gasteiger partial charge in [0.15, 0.2) is 0 Å². The Balaban J connectivity index is 4.06. The summed E-state index contributed by atoms with van der Waals surface area (Å²) in [7, 11) is 1.55. The van der Waals surface area contributed by atoms with E-state index in [0.29, 0.717) is 17.4 Å². The zero-order chi connectivity index (χ0) is 66.2. The molecule has 9 heteroatoms. The standard InChI is InChI=1S/C82H149N2O6P/c1-6-8-10-12-14-16-18-20-22-24-26-28-30-32-34-36-38-40-41-42-43-44-46-48-50-52-54-56-58-60-62-64-66-68-70-72-74-76-82(86)83-80(79-90-91(87,88)89-78-77-84(3,4)5)81(85)75-73-71-69-67-65-63-61-59-57-55-53-51-49-47-45-39-37-35-33-31-29-27-25-23-21-19-17-15-13-11-9-7-2/h8,10,14,16,20,22,26,28,32,34,38,40,57,59,65,67,73,75,80-81,85H,6-7,9,11-13,15,17-19,21,23-25,27,29-31,33,35-37,39,41-56,58,60-64,66,68-72,74,76-79H2,1-5H3,(H-,83,86,87,88)/p+1/b10-8-,16-14-,22-20-,28-26-,34-32-,40-38-,59-57+,67-65+,75-73+. The smallest absolute Gasteiger partial charge is 0.387 e. The number of nitrogens with one attached hydrogen (secondary N) is 1. The van der Waals surface area contributed by atoms with Crippen LogP contribution in [0.2, 0.25) is 0 Å². The van der Waals surface area contributed by atoms with Crippen LogP contribution in [-0.4, -0.2) is 73.4 Å². The molecular weight excluding hydrogens is 1140 g/mol. The van der Waals surface area contributed by atoms with E-state index >= 15 is 0 Å². The van der Waals surface area contributed by atoms with Crippen LogP contribution < -0.4 is 5.32 Å². The summed E-state index contributed by atoms with van der Waals surface area (Å²) in [6.45, 7) is 4.71. The van der Waals surface area contributed by atoms with Crippen molar-refractivity contribution in [1.82, 2.24) is 5.32 Å². The van der Waals surface area contributed by atoms with Crippen LogP contribution in [0.4, 0.5) is 0 Å². The number of nitrogens with zero attached hydrogens (tertiary/aromatic N) is 1. The van der Waals surface area contributed by atoms with Gasteiger partial charge in [0.1, 0.15) is 13.2 Å². The van der Waals surface area contributed by atoms with Gasteiger partial charge in [-0.3, -0.25) is 13.8 Å². The van der Waals surface area contributed by atoms with Gasteiger partial charge in [-0.1, -0.05) is 361 Å². The predicted octanol–water partition coefficient (Wildman–Crippen LogP) is 25.4. The minimum Gasteiger partial charge on any atom is -0.387 e. The third-order valence-electron chi connectivity index (χ3n) is 17.2. The maximum atomic E-state index is 13.1. The highest BCUT2D eigenvalue weighted by atomic mass is 31.2. The van der Waals surface area contributed by atoms with Crippen LogP contribution in [0.25, 0.3) is 0 Å². The number of aliphatic hydroxyl groups is 1. The highest BCUT2D eigenvalue weighted by Crippen LogP contribution is 2.43. The number of phosphoric acid groups is 1. The van der Waals surface area contributed by atoms with Crippen LogP contribution in [0.1, 0.15) is 354 Å². The minimum absolute atomic E-state index is 0.0509. The molecule has 3 N–H and O–H groups in total. The Kier molecular flexibility index (Phi) is 69.2. The molecule has 0 aromatic carbocycles. The summed E-state index contributed by atoms with van der Waals surface area (Å²) in [5.41, 5.74) is 0. The molecule has 0 aliphatic heterocycles. The fourth-order valence-corrected chi connectivity index (χ4v) is 12.0. The zero-order valence-corrected chi connectivity index (χ0v) is 61.5. The van der Waals surface area contributed by atoms with Crippen molar-refractivity contribution in [3.8, 4) is 0 Å². The first-order chi connectivity index (χ1) is 44.5. The van der Waals surface area contributed by atoms with E-state index in [-0.39, 0.29) is 19.1 Å². The molecule has 0 aliphatic carbocycles.